The maximum absolute atomic E-state index is 14.6. The van der Waals surface area contributed by atoms with E-state index in [1.54, 1.807) is 68.8 Å². The van der Waals surface area contributed by atoms with Crippen LogP contribution >= 0.6 is 123 Å². The SMILES string of the molecule is CCCCN1C(=O)c2c(Br)ccc(Br)c2C1=O.CCCCN1C(=O)c2c(C)ccc(-c3ccc(C4=c5c(c6sccc6c6ccsc56)=C(c5ccc(C)s5)C4=O)s3)c2C1=O.[CH3][Sn]([CH3])([CH3])[c]1ccc(C2=c3c(c4sccc4c4ccsc34)=C(c3cc[c]([Sn]([CH3])([CH3])[CH3])s3)C2=O)s1. The van der Waals surface area contributed by atoms with Crippen molar-refractivity contribution in [3.63, 3.8) is 0 Å². The Balaban J connectivity index is 0.000000133. The summed E-state index contributed by atoms with van der Waals surface area (Å²) in [5, 5.41) is 18.0. The molecule has 4 aliphatic rings. The van der Waals surface area contributed by atoms with Crippen LogP contribution in [0.4, 0.5) is 0 Å². The molecule has 0 N–H and O–H groups in total. The zero-order chi connectivity index (χ0) is 66.1. The number of rotatable bonds is 13. The van der Waals surface area contributed by atoms with Crippen LogP contribution in [0.15, 0.2) is 128 Å². The Morgan fingerprint density at radius 2 is 0.734 bits per heavy atom. The number of fused-ring (bicyclic) bond motifs is 14. The van der Waals surface area contributed by atoms with Gasteiger partial charge in [0.25, 0.3) is 23.6 Å². The van der Waals surface area contributed by atoms with Crippen molar-refractivity contribution in [3.8, 4) is 10.4 Å². The standard InChI is InChI=1S/C35H25NO3S4.C21H8OS4.C12H11Br2NO2.6CH3.2Sn/c1-4-5-14-36-34(38)25-17(2)6-8-21(26(25)35(36)39)22-10-11-24(43-22)28-30-29(27(31(28)37)23-9-7-18(3)42-23)32-19(12-15-40-32)20-13-16-41-33(20)30;22-19-15(13-3-1-7-23-13)17-18(16(19)14-4-2-8-24-14)21-12(6-10-26-21)11-5-9-25-20(11)17;1-2-3-6-15-11(16)9-7(13)4-5-8(14)10(9)12(15)17;;;;;;;;/h6-13,15-16H,4-5,14H2,1-3H3;1-6,9-10H;4-5H,2-3,6H2,1H3;6*1H3;;. The third kappa shape index (κ3) is 11.1. The summed E-state index contributed by atoms with van der Waals surface area (Å²) in [6, 6.07) is 33.5. The van der Waals surface area contributed by atoms with E-state index in [4.69, 9.17) is 0 Å². The van der Waals surface area contributed by atoms with Gasteiger partial charge in [-0.1, -0.05) is 38.8 Å². The van der Waals surface area contributed by atoms with Crippen LogP contribution in [-0.4, -0.2) is 94.8 Å². The van der Waals surface area contributed by atoms with Crippen LogP contribution in [0.2, 0.25) is 29.6 Å². The Morgan fingerprint density at radius 1 is 0.383 bits per heavy atom. The molecule has 4 amide bonds. The molecule has 2 aliphatic carbocycles. The zero-order valence-electron chi connectivity index (χ0n) is 53.2. The second kappa shape index (κ2) is 25.8. The van der Waals surface area contributed by atoms with Gasteiger partial charge in [0.15, 0.2) is 5.78 Å². The van der Waals surface area contributed by atoms with Crippen LogP contribution in [0, 0.1) is 13.8 Å². The molecule has 0 radical (unpaired) electrons. The number of carbonyl (C=O) groups is 6. The quantitative estimate of drug-likeness (QED) is 0.0840. The first kappa shape index (κ1) is 66.4. The molecule has 2 aliphatic heterocycles. The van der Waals surface area contributed by atoms with Crippen LogP contribution in [0.5, 0.6) is 0 Å². The molecule has 0 saturated heterocycles. The predicted molar refractivity (Wildman–Crippen MR) is 414 cm³/mol. The number of hydrogen-bond acceptors (Lipinski definition) is 14. The fourth-order valence-corrected chi connectivity index (χ4v) is 32.5. The summed E-state index contributed by atoms with van der Waals surface area (Å²) >= 11 is 16.1. The maximum atomic E-state index is 14.6. The van der Waals surface area contributed by atoms with Crippen molar-refractivity contribution >= 4 is 263 Å². The molecule has 0 fully saturated rings. The van der Waals surface area contributed by atoms with Gasteiger partial charge in [-0.15, -0.1) is 45.3 Å². The minimum absolute atomic E-state index is 0.0481. The second-order valence-corrected chi connectivity index (χ2v) is 66.6. The first-order chi connectivity index (χ1) is 45.0. The van der Waals surface area contributed by atoms with Crippen molar-refractivity contribution in [1.82, 2.24) is 9.80 Å². The predicted octanol–water partition coefficient (Wildman–Crippen LogP) is 17.8. The van der Waals surface area contributed by atoms with Crippen molar-refractivity contribution in [1.29, 1.82) is 0 Å². The summed E-state index contributed by atoms with van der Waals surface area (Å²) in [6.45, 7) is 8.96. The molecule has 8 aromatic heterocycles. The molecule has 94 heavy (non-hydrogen) atoms. The van der Waals surface area contributed by atoms with E-state index >= 15 is 0 Å². The molecule has 20 heteroatoms. The normalized spacial score (nSPS) is 14.6. The molecule has 8 nitrogen and oxygen atoms in total. The van der Waals surface area contributed by atoms with Crippen LogP contribution in [-0.2, 0) is 9.59 Å². The van der Waals surface area contributed by atoms with Crippen LogP contribution in [0.1, 0.15) is 111 Å². The van der Waals surface area contributed by atoms with E-state index in [1.165, 1.54) is 73.2 Å². The molecular formula is C74H62Br2N2O6S8Sn2. The van der Waals surface area contributed by atoms with Crippen molar-refractivity contribution in [3.05, 3.63) is 201 Å². The molecule has 0 unspecified atom stereocenters. The van der Waals surface area contributed by atoms with Gasteiger partial charge in [0.1, 0.15) is 0 Å². The first-order valence-corrected chi connectivity index (χ1v) is 59.5. The minimum atomic E-state index is -2.22. The monoisotopic (exact) mass is 1730 g/mol. The fraction of sp³-hybridized carbons (Fsp3) is 0.216. The number of ketones is 2. The van der Waals surface area contributed by atoms with Crippen molar-refractivity contribution < 1.29 is 28.8 Å². The van der Waals surface area contributed by atoms with E-state index in [1.807, 2.05) is 60.8 Å². The summed E-state index contributed by atoms with van der Waals surface area (Å²) < 4.78 is 9.21. The van der Waals surface area contributed by atoms with E-state index in [2.05, 4.69) is 158 Å². The molecule has 474 valence electrons. The molecule has 4 aromatic carbocycles. The molecule has 0 spiro atoms. The topological polar surface area (TPSA) is 109 Å². The van der Waals surface area contributed by atoms with Crippen LogP contribution in [0.25, 0.3) is 73.1 Å². The molecule has 10 heterocycles. The van der Waals surface area contributed by atoms with Gasteiger partial charge >= 0.3 is 227 Å². The number of aryl methyl sites for hydroxylation is 2. The zero-order valence-corrected chi connectivity index (χ0v) is 68.6. The van der Waals surface area contributed by atoms with Crippen molar-refractivity contribution in [2.45, 2.75) is 83.0 Å². The van der Waals surface area contributed by atoms with Gasteiger partial charge in [-0.3, -0.25) is 33.8 Å². The summed E-state index contributed by atoms with van der Waals surface area (Å²) in [7, 11) is 0. The van der Waals surface area contributed by atoms with E-state index in [0.717, 1.165) is 103 Å². The van der Waals surface area contributed by atoms with Gasteiger partial charge in [0, 0.05) is 88.9 Å². The van der Waals surface area contributed by atoms with Crippen molar-refractivity contribution in [2.75, 3.05) is 13.1 Å². The van der Waals surface area contributed by atoms with Gasteiger partial charge in [0.2, 0.25) is 0 Å². The third-order valence-electron chi connectivity index (χ3n) is 17.7. The molecule has 16 rings (SSSR count). The average molecular weight is 1730 g/mol. The van der Waals surface area contributed by atoms with Gasteiger partial charge in [-0.05, 0) is 123 Å². The van der Waals surface area contributed by atoms with Gasteiger partial charge in [-0.2, -0.15) is 0 Å². The van der Waals surface area contributed by atoms with E-state index < -0.39 is 36.8 Å². The summed E-state index contributed by atoms with van der Waals surface area (Å²) in [4.78, 5) is 104. The van der Waals surface area contributed by atoms with E-state index in [9.17, 15) is 28.8 Å². The van der Waals surface area contributed by atoms with Gasteiger partial charge in [-0.25, -0.2) is 0 Å². The number of carbonyl (C=O) groups excluding carboxylic acids is 6. The number of imide groups is 2. The van der Waals surface area contributed by atoms with Gasteiger partial charge in [0.05, 0.1) is 22.3 Å². The van der Waals surface area contributed by atoms with E-state index in [0.29, 0.717) is 44.3 Å². The number of thiophene rings is 8. The third-order valence-corrected chi connectivity index (χ3v) is 46.1. The molecule has 0 bridgehead atoms. The average Bonchev–Trinajstić information content (AvgIpc) is 1.55. The molecule has 0 saturated carbocycles. The van der Waals surface area contributed by atoms with E-state index in [-0.39, 0.29) is 35.2 Å². The second-order valence-electron chi connectivity index (χ2n) is 25.9. The molecule has 12 aromatic rings. The first-order valence-electron chi connectivity index (χ1n) is 31.1. The number of Topliss-reactive ketones (excluding diaryl/α,β-unsaturated/α-hetero) is 2. The summed E-state index contributed by atoms with van der Waals surface area (Å²) in [5.74, 6) is -0.559. The number of hydrogen-bond donors (Lipinski definition) is 0. The Labute approximate surface area is 601 Å². The molecule has 0 atom stereocenters. The Kier molecular flexibility index (Phi) is 18.2. The Bertz CT molecular complexity index is 5390. The van der Waals surface area contributed by atoms with Crippen molar-refractivity contribution in [2.24, 2.45) is 0 Å². The number of halogens is 2. The number of unbranched alkanes of at least 4 members (excludes halogenated alkanes) is 2. The number of benzene rings is 4. The number of amides is 4. The molecular weight excluding hydrogens is 1670 g/mol. The fourth-order valence-electron chi connectivity index (χ4n) is 13.0. The Hall–Kier alpha value is -4.82. The van der Waals surface area contributed by atoms with Crippen LogP contribution < -0.4 is 26.7 Å². The number of nitrogens with zero attached hydrogens (tertiary/aromatic N) is 2. The van der Waals surface area contributed by atoms with Crippen LogP contribution in [0.3, 0.4) is 0 Å². The summed E-state index contributed by atoms with van der Waals surface area (Å²) in [6.07, 6.45) is 3.47. The van der Waals surface area contributed by atoms with Gasteiger partial charge < -0.3 is 0 Å². The summed E-state index contributed by atoms with van der Waals surface area (Å²) in [5.41, 5.74) is 6.90. The Morgan fingerprint density at radius 3 is 1.11 bits per heavy atom.